The van der Waals surface area contributed by atoms with E-state index in [-0.39, 0.29) is 42.1 Å². The zero-order valence-electron chi connectivity index (χ0n) is 16.7. The van der Waals surface area contributed by atoms with Crippen molar-refractivity contribution in [3.05, 3.63) is 47.0 Å². The Morgan fingerprint density at radius 3 is 2.59 bits per heavy atom. The van der Waals surface area contributed by atoms with Crippen LogP contribution in [0.5, 0.6) is 0 Å². The van der Waals surface area contributed by atoms with Crippen LogP contribution >= 0.6 is 12.4 Å². The molecule has 1 unspecified atom stereocenters. The monoisotopic (exact) mass is 421 g/mol. The molecule has 1 aromatic carbocycles. The number of amides is 1. The summed E-state index contributed by atoms with van der Waals surface area (Å²) in [6, 6.07) is 6.68. The fourth-order valence-electron chi connectivity index (χ4n) is 4.63. The van der Waals surface area contributed by atoms with E-state index in [4.69, 9.17) is 0 Å². The van der Waals surface area contributed by atoms with Crippen molar-refractivity contribution >= 4 is 18.3 Å². The first-order chi connectivity index (χ1) is 13.6. The molecule has 1 saturated heterocycles. The molecule has 2 fully saturated rings. The minimum atomic E-state index is -0.334. The third-order valence-corrected chi connectivity index (χ3v) is 6.20. The summed E-state index contributed by atoms with van der Waals surface area (Å²) in [5.74, 6) is -0.284. The fourth-order valence-corrected chi connectivity index (χ4v) is 4.63. The Morgan fingerprint density at radius 2 is 1.90 bits per heavy atom. The molecule has 0 spiro atoms. The van der Waals surface area contributed by atoms with Crippen molar-refractivity contribution in [2.45, 2.75) is 57.5 Å². The van der Waals surface area contributed by atoms with E-state index in [0.29, 0.717) is 11.3 Å². The number of benzene rings is 1. The maximum absolute atomic E-state index is 14.5. The molecule has 2 aliphatic rings. The van der Waals surface area contributed by atoms with Gasteiger partial charge in [0.05, 0.1) is 17.8 Å². The normalized spacial score (nSPS) is 19.0. The number of nitrogens with one attached hydrogen (secondary N) is 2. The van der Waals surface area contributed by atoms with E-state index < -0.39 is 0 Å². The lowest BCUT2D eigenvalue weighted by Gasteiger charge is -2.25. The number of rotatable bonds is 5. The smallest absolute Gasteiger partial charge is 0.274 e. The Hall–Kier alpha value is -1.99. The molecule has 1 saturated carbocycles. The van der Waals surface area contributed by atoms with E-state index in [1.165, 1.54) is 6.07 Å². The van der Waals surface area contributed by atoms with Crippen molar-refractivity contribution in [2.24, 2.45) is 5.92 Å². The third kappa shape index (κ3) is 4.61. The molecule has 0 radical (unpaired) electrons. The molecule has 158 valence electrons. The maximum Gasteiger partial charge on any atom is 0.274 e. The number of aromatic nitrogens is 3. The van der Waals surface area contributed by atoms with Crippen LogP contribution in [0.15, 0.2) is 24.3 Å². The van der Waals surface area contributed by atoms with E-state index in [2.05, 4.69) is 20.9 Å². The lowest BCUT2D eigenvalue weighted by Crippen LogP contribution is -2.34. The first-order valence-corrected chi connectivity index (χ1v) is 10.3. The van der Waals surface area contributed by atoms with E-state index in [1.54, 1.807) is 12.1 Å². The SMILES string of the molecule is Cc1c(C(=O)NC(c2ccccc2F)C2CCCC2)nnn1C1CCNCC1.Cl. The highest BCUT2D eigenvalue weighted by atomic mass is 35.5. The van der Waals surface area contributed by atoms with Crippen LogP contribution in [0.25, 0.3) is 0 Å². The molecule has 2 aromatic rings. The van der Waals surface area contributed by atoms with Crippen LogP contribution in [0.4, 0.5) is 4.39 Å². The van der Waals surface area contributed by atoms with Crippen LogP contribution in [0.1, 0.15) is 72.4 Å². The van der Waals surface area contributed by atoms with Gasteiger partial charge in [-0.1, -0.05) is 36.3 Å². The summed E-state index contributed by atoms with van der Waals surface area (Å²) < 4.78 is 16.4. The Morgan fingerprint density at radius 1 is 1.21 bits per heavy atom. The maximum atomic E-state index is 14.5. The quantitative estimate of drug-likeness (QED) is 0.771. The molecule has 6 nitrogen and oxygen atoms in total. The van der Waals surface area contributed by atoms with Crippen molar-refractivity contribution < 1.29 is 9.18 Å². The van der Waals surface area contributed by atoms with E-state index in [9.17, 15) is 9.18 Å². The van der Waals surface area contributed by atoms with Crippen LogP contribution < -0.4 is 10.6 Å². The third-order valence-electron chi connectivity index (χ3n) is 6.20. The van der Waals surface area contributed by atoms with Gasteiger partial charge in [-0.25, -0.2) is 9.07 Å². The first-order valence-electron chi connectivity index (χ1n) is 10.3. The van der Waals surface area contributed by atoms with Crippen LogP contribution in [0, 0.1) is 18.7 Å². The lowest BCUT2D eigenvalue weighted by molar-refractivity contribution is 0.0915. The molecular weight excluding hydrogens is 393 g/mol. The largest absolute Gasteiger partial charge is 0.343 e. The number of nitrogens with zero attached hydrogens (tertiary/aromatic N) is 3. The number of halogens is 2. The topological polar surface area (TPSA) is 71.8 Å². The summed E-state index contributed by atoms with van der Waals surface area (Å²) in [6.07, 6.45) is 6.20. The summed E-state index contributed by atoms with van der Waals surface area (Å²) in [5.41, 5.74) is 1.69. The Balaban J connectivity index is 0.00000240. The van der Waals surface area contributed by atoms with Crippen LogP contribution in [-0.4, -0.2) is 34.0 Å². The van der Waals surface area contributed by atoms with Gasteiger partial charge in [0.1, 0.15) is 5.82 Å². The van der Waals surface area contributed by atoms with Gasteiger partial charge in [-0.05, 0) is 57.7 Å². The predicted molar refractivity (Wildman–Crippen MR) is 112 cm³/mol. The van der Waals surface area contributed by atoms with E-state index in [1.807, 2.05) is 17.7 Å². The highest BCUT2D eigenvalue weighted by Crippen LogP contribution is 2.36. The zero-order valence-corrected chi connectivity index (χ0v) is 17.6. The van der Waals surface area contributed by atoms with Gasteiger partial charge in [-0.15, -0.1) is 17.5 Å². The Bertz CT molecular complexity index is 830. The van der Waals surface area contributed by atoms with E-state index >= 15 is 0 Å². The van der Waals surface area contributed by atoms with Gasteiger partial charge in [0, 0.05) is 5.56 Å². The Kier molecular flexibility index (Phi) is 7.24. The average Bonchev–Trinajstić information content (AvgIpc) is 3.37. The van der Waals surface area contributed by atoms with Crippen molar-refractivity contribution in [1.29, 1.82) is 0 Å². The van der Waals surface area contributed by atoms with Gasteiger partial charge in [-0.3, -0.25) is 4.79 Å². The highest BCUT2D eigenvalue weighted by molar-refractivity contribution is 5.93. The van der Waals surface area contributed by atoms with Crippen LogP contribution in [-0.2, 0) is 0 Å². The standard InChI is InChI=1S/C21H28FN5O.ClH/c1-14-19(25-26-27(14)16-10-12-23-13-11-16)21(28)24-20(15-6-2-3-7-15)17-8-4-5-9-18(17)22;/h4-5,8-9,15-16,20,23H,2-3,6-7,10-13H2,1H3,(H,24,28);1H. The second-order valence-electron chi connectivity index (χ2n) is 7.97. The number of carbonyl (C=O) groups is 1. The van der Waals surface area contributed by atoms with Crippen molar-refractivity contribution in [2.75, 3.05) is 13.1 Å². The lowest BCUT2D eigenvalue weighted by atomic mass is 9.91. The number of hydrogen-bond donors (Lipinski definition) is 2. The molecule has 0 bridgehead atoms. The zero-order chi connectivity index (χ0) is 19.5. The minimum absolute atomic E-state index is 0. The van der Waals surface area contributed by atoms with Gasteiger partial charge in [-0.2, -0.15) is 0 Å². The molecular formula is C21H29ClFN5O. The highest BCUT2D eigenvalue weighted by Gasteiger charge is 2.31. The first kappa shape index (κ1) is 21.7. The summed E-state index contributed by atoms with van der Waals surface area (Å²) in [4.78, 5) is 13.1. The summed E-state index contributed by atoms with van der Waals surface area (Å²) in [5, 5.41) is 14.9. The summed E-state index contributed by atoms with van der Waals surface area (Å²) in [6.45, 7) is 3.79. The van der Waals surface area contributed by atoms with Gasteiger partial charge >= 0.3 is 0 Å². The number of hydrogen-bond acceptors (Lipinski definition) is 4. The molecule has 1 atom stereocenters. The van der Waals surface area contributed by atoms with Crippen molar-refractivity contribution in [3.63, 3.8) is 0 Å². The van der Waals surface area contributed by atoms with Gasteiger partial charge in [0.2, 0.25) is 0 Å². The van der Waals surface area contributed by atoms with Gasteiger partial charge in [0.15, 0.2) is 5.69 Å². The molecule has 4 rings (SSSR count). The fraction of sp³-hybridized carbons (Fsp3) is 0.571. The van der Waals surface area contributed by atoms with Crippen molar-refractivity contribution in [1.82, 2.24) is 25.6 Å². The minimum Gasteiger partial charge on any atom is -0.343 e. The summed E-state index contributed by atoms with van der Waals surface area (Å²) in [7, 11) is 0. The van der Waals surface area contributed by atoms with Gasteiger partial charge < -0.3 is 10.6 Å². The number of piperidine rings is 1. The van der Waals surface area contributed by atoms with Crippen molar-refractivity contribution in [3.8, 4) is 0 Å². The second kappa shape index (κ2) is 9.67. The van der Waals surface area contributed by atoms with Crippen LogP contribution in [0.2, 0.25) is 0 Å². The molecule has 2 heterocycles. The molecule has 2 N–H and O–H groups in total. The van der Waals surface area contributed by atoms with Crippen LogP contribution in [0.3, 0.4) is 0 Å². The molecule has 1 aliphatic carbocycles. The van der Waals surface area contributed by atoms with Gasteiger partial charge in [0.25, 0.3) is 5.91 Å². The summed E-state index contributed by atoms with van der Waals surface area (Å²) >= 11 is 0. The predicted octanol–water partition coefficient (Wildman–Crippen LogP) is 3.73. The molecule has 1 amide bonds. The second-order valence-corrected chi connectivity index (χ2v) is 7.97. The molecule has 29 heavy (non-hydrogen) atoms. The average molecular weight is 422 g/mol. The van der Waals surface area contributed by atoms with E-state index in [0.717, 1.165) is 57.3 Å². The Labute approximate surface area is 177 Å². The molecule has 8 heteroatoms. The molecule has 1 aliphatic heterocycles. The number of carbonyl (C=O) groups excluding carboxylic acids is 1. The molecule has 1 aromatic heterocycles.